The molecular formula is C21H22N4O2. The molecule has 2 heterocycles. The van der Waals surface area contributed by atoms with Crippen molar-refractivity contribution in [2.24, 2.45) is 0 Å². The lowest BCUT2D eigenvalue weighted by Gasteiger charge is -2.32. The normalized spacial score (nSPS) is 15.1. The topological polar surface area (TPSA) is 62.5 Å². The van der Waals surface area contributed by atoms with E-state index in [1.165, 1.54) is 0 Å². The Kier molecular flexibility index (Phi) is 4.73. The number of rotatable bonds is 3. The minimum Gasteiger partial charge on any atom is -0.421 e. The third-order valence-corrected chi connectivity index (χ3v) is 4.92. The summed E-state index contributed by atoms with van der Waals surface area (Å²) in [4.78, 5) is 16.9. The molecule has 4 rings (SSSR count). The molecule has 6 heteroatoms. The first kappa shape index (κ1) is 17.4. The van der Waals surface area contributed by atoms with E-state index in [1.54, 1.807) is 6.92 Å². The molecule has 138 valence electrons. The number of benzene rings is 2. The maximum Gasteiger partial charge on any atom is 0.253 e. The fourth-order valence-electron chi connectivity index (χ4n) is 3.31. The van der Waals surface area contributed by atoms with Gasteiger partial charge >= 0.3 is 0 Å². The van der Waals surface area contributed by atoms with Crippen molar-refractivity contribution >= 4 is 5.91 Å². The van der Waals surface area contributed by atoms with Gasteiger partial charge in [-0.15, -0.1) is 10.2 Å². The molecule has 2 aromatic carbocycles. The summed E-state index contributed by atoms with van der Waals surface area (Å²) >= 11 is 0. The van der Waals surface area contributed by atoms with Crippen LogP contribution in [0.4, 0.5) is 0 Å². The highest BCUT2D eigenvalue weighted by atomic mass is 16.4. The molecule has 1 fully saturated rings. The highest BCUT2D eigenvalue weighted by Gasteiger charge is 2.20. The maximum atomic E-state index is 12.7. The number of hydrogen-bond donors (Lipinski definition) is 0. The van der Waals surface area contributed by atoms with Crippen LogP contribution in [0, 0.1) is 6.92 Å². The van der Waals surface area contributed by atoms with Crippen molar-refractivity contribution in [1.29, 1.82) is 0 Å². The number of aryl methyl sites for hydroxylation is 1. The molecule has 1 amide bonds. The summed E-state index contributed by atoms with van der Waals surface area (Å²) in [7, 11) is 2.08. The van der Waals surface area contributed by atoms with E-state index in [4.69, 9.17) is 4.42 Å². The average molecular weight is 362 g/mol. The average Bonchev–Trinajstić information content (AvgIpc) is 3.14. The fourth-order valence-corrected chi connectivity index (χ4v) is 3.31. The first-order chi connectivity index (χ1) is 13.1. The van der Waals surface area contributed by atoms with Crippen LogP contribution in [0.3, 0.4) is 0 Å². The molecule has 0 unspecified atom stereocenters. The monoisotopic (exact) mass is 362 g/mol. The number of amides is 1. The van der Waals surface area contributed by atoms with Crippen LogP contribution in [0.2, 0.25) is 0 Å². The fraction of sp³-hybridized carbons (Fsp3) is 0.286. The second-order valence-corrected chi connectivity index (χ2v) is 6.84. The Morgan fingerprint density at radius 3 is 2.22 bits per heavy atom. The summed E-state index contributed by atoms with van der Waals surface area (Å²) in [6, 6.07) is 15.7. The first-order valence-electron chi connectivity index (χ1n) is 9.09. The Hall–Kier alpha value is -2.99. The molecule has 0 N–H and O–H groups in total. The van der Waals surface area contributed by atoms with E-state index < -0.39 is 0 Å². The van der Waals surface area contributed by atoms with Crippen LogP contribution >= 0.6 is 0 Å². The highest BCUT2D eigenvalue weighted by molar-refractivity contribution is 5.95. The predicted molar refractivity (Wildman–Crippen MR) is 103 cm³/mol. The van der Waals surface area contributed by atoms with E-state index >= 15 is 0 Å². The van der Waals surface area contributed by atoms with Crippen molar-refractivity contribution in [2.45, 2.75) is 6.92 Å². The molecule has 1 aliphatic heterocycles. The van der Waals surface area contributed by atoms with Gasteiger partial charge in [-0.1, -0.05) is 30.3 Å². The summed E-state index contributed by atoms with van der Waals surface area (Å²) in [6.07, 6.45) is 0. The Labute approximate surface area is 158 Å². The summed E-state index contributed by atoms with van der Waals surface area (Å²) in [5, 5.41) is 8.06. The van der Waals surface area contributed by atoms with Gasteiger partial charge in [-0.2, -0.15) is 0 Å². The molecule has 0 aliphatic carbocycles. The van der Waals surface area contributed by atoms with Crippen LogP contribution < -0.4 is 0 Å². The Morgan fingerprint density at radius 2 is 1.59 bits per heavy atom. The maximum absolute atomic E-state index is 12.7. The van der Waals surface area contributed by atoms with Crippen LogP contribution in [0.25, 0.3) is 22.6 Å². The molecule has 0 spiro atoms. The molecule has 6 nitrogen and oxygen atoms in total. The van der Waals surface area contributed by atoms with Crippen molar-refractivity contribution in [1.82, 2.24) is 20.0 Å². The van der Waals surface area contributed by atoms with Gasteiger partial charge < -0.3 is 14.2 Å². The summed E-state index contributed by atoms with van der Waals surface area (Å²) in [5.41, 5.74) is 3.61. The molecule has 27 heavy (non-hydrogen) atoms. The van der Waals surface area contributed by atoms with Gasteiger partial charge in [0.15, 0.2) is 0 Å². The molecule has 1 aliphatic rings. The van der Waals surface area contributed by atoms with Gasteiger partial charge in [0.1, 0.15) is 0 Å². The molecule has 3 aromatic rings. The molecule has 0 radical (unpaired) electrons. The Bertz CT molecular complexity index is 941. The lowest BCUT2D eigenvalue weighted by atomic mass is 9.98. The smallest absolute Gasteiger partial charge is 0.253 e. The van der Waals surface area contributed by atoms with E-state index in [0.29, 0.717) is 11.8 Å². The zero-order valence-electron chi connectivity index (χ0n) is 15.6. The molecule has 0 bridgehead atoms. The van der Waals surface area contributed by atoms with E-state index in [2.05, 4.69) is 22.1 Å². The zero-order valence-corrected chi connectivity index (χ0v) is 15.6. The minimum absolute atomic E-state index is 0.0930. The number of hydrogen-bond acceptors (Lipinski definition) is 5. The summed E-state index contributed by atoms with van der Waals surface area (Å²) in [5.74, 6) is 1.13. The van der Waals surface area contributed by atoms with E-state index in [1.807, 2.05) is 53.4 Å². The number of likely N-dealkylation sites (N-methyl/N-ethyl adjacent to an activating group) is 1. The number of carbonyl (C=O) groups is 1. The number of piperazine rings is 1. The molecule has 1 aromatic heterocycles. The van der Waals surface area contributed by atoms with Gasteiger partial charge in [0, 0.05) is 44.2 Å². The van der Waals surface area contributed by atoms with Crippen molar-refractivity contribution in [3.8, 4) is 22.6 Å². The Balaban J connectivity index is 1.59. The van der Waals surface area contributed by atoms with Crippen LogP contribution in [-0.4, -0.2) is 59.1 Å². The van der Waals surface area contributed by atoms with Crippen molar-refractivity contribution < 1.29 is 9.21 Å². The van der Waals surface area contributed by atoms with Crippen molar-refractivity contribution in [3.05, 3.63) is 60.0 Å². The SMILES string of the molecule is Cc1nnc(-c2ccccc2-c2ccc(C(=O)N3CCN(C)CC3)cc2)o1. The summed E-state index contributed by atoms with van der Waals surface area (Å²) in [6.45, 7) is 5.16. The van der Waals surface area contributed by atoms with Gasteiger partial charge in [0.2, 0.25) is 11.8 Å². The van der Waals surface area contributed by atoms with Gasteiger partial charge in [-0.25, -0.2) is 0 Å². The third-order valence-electron chi connectivity index (χ3n) is 4.92. The minimum atomic E-state index is 0.0930. The van der Waals surface area contributed by atoms with Crippen molar-refractivity contribution in [3.63, 3.8) is 0 Å². The zero-order chi connectivity index (χ0) is 18.8. The quantitative estimate of drug-likeness (QED) is 0.716. The van der Waals surface area contributed by atoms with E-state index in [0.717, 1.165) is 48.4 Å². The predicted octanol–water partition coefficient (Wildman–Crippen LogP) is 3.10. The van der Waals surface area contributed by atoms with Crippen LogP contribution in [-0.2, 0) is 0 Å². The number of nitrogens with zero attached hydrogens (tertiary/aromatic N) is 4. The second kappa shape index (κ2) is 7.32. The van der Waals surface area contributed by atoms with Gasteiger partial charge in [-0.05, 0) is 36.4 Å². The molecule has 0 saturated carbocycles. The molecule has 0 atom stereocenters. The first-order valence-corrected chi connectivity index (χ1v) is 9.09. The lowest BCUT2D eigenvalue weighted by molar-refractivity contribution is 0.0664. The standard InChI is InChI=1S/C21H22N4O2/c1-15-22-23-20(27-15)19-6-4-3-5-18(19)16-7-9-17(10-8-16)21(26)25-13-11-24(2)12-14-25/h3-10H,11-14H2,1-2H3. The molecular weight excluding hydrogens is 340 g/mol. The van der Waals surface area contributed by atoms with Gasteiger partial charge in [0.25, 0.3) is 5.91 Å². The number of aromatic nitrogens is 2. The Morgan fingerprint density at radius 1 is 0.926 bits per heavy atom. The summed E-state index contributed by atoms with van der Waals surface area (Å²) < 4.78 is 5.59. The highest BCUT2D eigenvalue weighted by Crippen LogP contribution is 2.31. The van der Waals surface area contributed by atoms with Crippen LogP contribution in [0.5, 0.6) is 0 Å². The van der Waals surface area contributed by atoms with Gasteiger partial charge in [-0.3, -0.25) is 4.79 Å². The largest absolute Gasteiger partial charge is 0.421 e. The van der Waals surface area contributed by atoms with E-state index in [9.17, 15) is 4.79 Å². The molecule has 1 saturated heterocycles. The van der Waals surface area contributed by atoms with Crippen LogP contribution in [0.1, 0.15) is 16.2 Å². The van der Waals surface area contributed by atoms with Crippen LogP contribution in [0.15, 0.2) is 52.9 Å². The van der Waals surface area contributed by atoms with Crippen molar-refractivity contribution in [2.75, 3.05) is 33.2 Å². The lowest BCUT2D eigenvalue weighted by Crippen LogP contribution is -2.47. The third kappa shape index (κ3) is 3.61. The number of carbonyl (C=O) groups excluding carboxylic acids is 1. The van der Waals surface area contributed by atoms with E-state index in [-0.39, 0.29) is 5.91 Å². The second-order valence-electron chi connectivity index (χ2n) is 6.84. The van der Waals surface area contributed by atoms with Gasteiger partial charge in [0.05, 0.1) is 0 Å².